The van der Waals surface area contributed by atoms with E-state index in [1.54, 1.807) is 6.07 Å². The molecule has 0 heterocycles. The molecule has 1 nitrogen and oxygen atoms in total. The summed E-state index contributed by atoms with van der Waals surface area (Å²) in [5, 5.41) is 0.782. The molecule has 4 heteroatoms. The molecule has 0 amide bonds. The number of hydrogen-bond acceptors (Lipinski definition) is 1. The highest BCUT2D eigenvalue weighted by atomic mass is 35.5. The second-order valence-electron chi connectivity index (χ2n) is 10.3. The van der Waals surface area contributed by atoms with Crippen LogP contribution in [0.2, 0.25) is 23.2 Å². The van der Waals surface area contributed by atoms with Gasteiger partial charge in [-0.05, 0) is 72.8 Å². The molecule has 3 aromatic rings. The highest BCUT2D eigenvalue weighted by Gasteiger charge is 2.43. The second-order valence-corrected chi connectivity index (χ2v) is 15.4. The monoisotopic (exact) mass is 468 g/mol. The molecule has 0 aliphatic heterocycles. The molecule has 32 heavy (non-hydrogen) atoms. The average molecular weight is 469 g/mol. The van der Waals surface area contributed by atoms with Crippen LogP contribution < -0.4 is 0 Å². The summed E-state index contributed by atoms with van der Waals surface area (Å²) in [4.78, 5) is 0. The van der Waals surface area contributed by atoms with Crippen molar-refractivity contribution < 1.29 is 8.82 Å². The van der Waals surface area contributed by atoms with Gasteiger partial charge in [0.15, 0.2) is 8.32 Å². The Morgan fingerprint density at radius 3 is 2.06 bits per heavy atom. The first-order chi connectivity index (χ1) is 14.9. The number of hydrogen-bond donors (Lipinski definition) is 0. The maximum atomic E-state index is 15.3. The molecule has 0 aliphatic carbocycles. The van der Waals surface area contributed by atoms with Crippen molar-refractivity contribution in [3.8, 4) is 11.1 Å². The Kier molecular flexibility index (Phi) is 7.33. The van der Waals surface area contributed by atoms with Crippen LogP contribution in [-0.2, 0) is 16.4 Å². The number of aryl methyl sites for hydroxylation is 1. The van der Waals surface area contributed by atoms with Crippen molar-refractivity contribution in [3.63, 3.8) is 0 Å². The fourth-order valence-electron chi connectivity index (χ4n) is 3.70. The molecule has 1 atom stereocenters. The molecular formula is C28H34ClFOSi. The Morgan fingerprint density at radius 1 is 0.875 bits per heavy atom. The van der Waals surface area contributed by atoms with E-state index in [9.17, 15) is 0 Å². The quantitative estimate of drug-likeness (QED) is 0.314. The summed E-state index contributed by atoms with van der Waals surface area (Å²) >= 11 is 6.06. The van der Waals surface area contributed by atoms with Crippen molar-refractivity contribution in [2.75, 3.05) is 0 Å². The summed E-state index contributed by atoms with van der Waals surface area (Å²) in [5.74, 6) is -0.217. The summed E-state index contributed by atoms with van der Waals surface area (Å²) in [6, 6.07) is 23.2. The van der Waals surface area contributed by atoms with Gasteiger partial charge >= 0.3 is 0 Å². The van der Waals surface area contributed by atoms with Gasteiger partial charge in [-0.15, -0.1) is 0 Å². The van der Waals surface area contributed by atoms with Gasteiger partial charge < -0.3 is 4.43 Å². The Hall–Kier alpha value is -1.94. The van der Waals surface area contributed by atoms with Crippen LogP contribution in [0, 0.1) is 5.82 Å². The van der Waals surface area contributed by atoms with Crippen LogP contribution in [0.25, 0.3) is 11.1 Å². The highest BCUT2D eigenvalue weighted by Crippen LogP contribution is 2.44. The summed E-state index contributed by atoms with van der Waals surface area (Å²) < 4.78 is 22.2. The van der Waals surface area contributed by atoms with E-state index in [2.05, 4.69) is 40.8 Å². The summed E-state index contributed by atoms with van der Waals surface area (Å²) in [7, 11) is -2.11. The Morgan fingerprint density at radius 2 is 1.50 bits per heavy atom. The van der Waals surface area contributed by atoms with Crippen molar-refractivity contribution in [2.24, 2.45) is 0 Å². The fraction of sp³-hybridized carbons (Fsp3) is 0.357. The molecule has 3 rings (SSSR count). The molecule has 170 valence electrons. The molecular weight excluding hydrogens is 435 g/mol. The van der Waals surface area contributed by atoms with Gasteiger partial charge in [-0.3, -0.25) is 0 Å². The van der Waals surface area contributed by atoms with Crippen molar-refractivity contribution in [3.05, 3.63) is 94.8 Å². The molecule has 1 unspecified atom stereocenters. The Labute approximate surface area is 198 Å². The lowest BCUT2D eigenvalue weighted by Crippen LogP contribution is -2.47. The van der Waals surface area contributed by atoms with Gasteiger partial charge in [0, 0.05) is 10.6 Å². The largest absolute Gasteiger partial charge is 0.408 e. The molecule has 0 aromatic heterocycles. The van der Waals surface area contributed by atoms with Crippen LogP contribution in [-0.4, -0.2) is 8.32 Å². The van der Waals surface area contributed by atoms with Crippen molar-refractivity contribution >= 4 is 19.9 Å². The average Bonchev–Trinajstić information content (AvgIpc) is 2.73. The van der Waals surface area contributed by atoms with Gasteiger partial charge in [0.05, 0.1) is 5.60 Å². The highest BCUT2D eigenvalue weighted by molar-refractivity contribution is 6.74. The number of benzene rings is 3. The van der Waals surface area contributed by atoms with Crippen LogP contribution in [0.1, 0.15) is 45.2 Å². The summed E-state index contributed by atoms with van der Waals surface area (Å²) in [6.45, 7) is 13.3. The van der Waals surface area contributed by atoms with Crippen molar-refractivity contribution in [1.29, 1.82) is 0 Å². The van der Waals surface area contributed by atoms with E-state index in [-0.39, 0.29) is 10.9 Å². The molecule has 0 saturated carbocycles. The third-order valence-electron chi connectivity index (χ3n) is 6.76. The minimum absolute atomic E-state index is 0.0526. The molecule has 0 radical (unpaired) electrons. The molecule has 3 aromatic carbocycles. The van der Waals surface area contributed by atoms with Gasteiger partial charge in [-0.2, -0.15) is 0 Å². The van der Waals surface area contributed by atoms with E-state index in [0.29, 0.717) is 5.56 Å². The van der Waals surface area contributed by atoms with E-state index < -0.39 is 13.9 Å². The zero-order chi connectivity index (χ0) is 23.6. The smallest absolute Gasteiger partial charge is 0.193 e. The zero-order valence-electron chi connectivity index (χ0n) is 20.0. The first kappa shape index (κ1) is 24.7. The predicted octanol–water partition coefficient (Wildman–Crippen LogP) is 9.02. The third-order valence-corrected chi connectivity index (χ3v) is 11.6. The van der Waals surface area contributed by atoms with E-state index >= 15 is 4.39 Å². The lowest BCUT2D eigenvalue weighted by molar-refractivity contribution is 0.0602. The molecule has 0 bridgehead atoms. The Bertz CT molecular complexity index is 1040. The second kappa shape index (κ2) is 9.50. The maximum Gasteiger partial charge on any atom is 0.193 e. The first-order valence-corrected chi connectivity index (χ1v) is 14.5. The van der Waals surface area contributed by atoms with Gasteiger partial charge in [-0.25, -0.2) is 4.39 Å². The minimum atomic E-state index is -2.11. The topological polar surface area (TPSA) is 9.23 Å². The van der Waals surface area contributed by atoms with Crippen LogP contribution in [0.5, 0.6) is 0 Å². The normalized spacial score (nSPS) is 14.2. The van der Waals surface area contributed by atoms with Crippen LogP contribution in [0.4, 0.5) is 4.39 Å². The number of halogens is 2. The molecule has 0 saturated heterocycles. The van der Waals surface area contributed by atoms with Crippen LogP contribution in [0.3, 0.4) is 0 Å². The lowest BCUT2D eigenvalue weighted by Gasteiger charge is -2.44. The van der Waals surface area contributed by atoms with E-state index in [1.807, 2.05) is 66.7 Å². The standard InChI is InChI=1S/C28H34ClFOSi/c1-27(2,3)32(5,6)31-28(4,19-18-21-12-15-24(29)16-13-21)23-14-17-25(26(30)20-23)22-10-8-7-9-11-22/h7-17,20H,18-19H2,1-6H3. The lowest BCUT2D eigenvalue weighted by atomic mass is 9.88. The van der Waals surface area contributed by atoms with Gasteiger partial charge in [-0.1, -0.05) is 87.0 Å². The van der Waals surface area contributed by atoms with Gasteiger partial charge in [0.25, 0.3) is 0 Å². The minimum Gasteiger partial charge on any atom is -0.408 e. The molecule has 0 aliphatic rings. The zero-order valence-corrected chi connectivity index (χ0v) is 21.8. The maximum absolute atomic E-state index is 15.3. The van der Waals surface area contributed by atoms with Gasteiger partial charge in [0.1, 0.15) is 5.82 Å². The van der Waals surface area contributed by atoms with E-state index in [4.69, 9.17) is 16.0 Å². The number of rotatable bonds is 7. The Balaban J connectivity index is 1.97. The predicted molar refractivity (Wildman–Crippen MR) is 137 cm³/mol. The van der Waals surface area contributed by atoms with E-state index in [0.717, 1.165) is 29.0 Å². The SMILES string of the molecule is CC(CCc1ccc(Cl)cc1)(O[Si](C)(C)C(C)(C)C)c1ccc(-c2ccccc2)c(F)c1. The third kappa shape index (κ3) is 5.69. The van der Waals surface area contributed by atoms with Gasteiger partial charge in [0.2, 0.25) is 0 Å². The van der Waals surface area contributed by atoms with Crippen LogP contribution in [0.15, 0.2) is 72.8 Å². The molecule has 0 fully saturated rings. The van der Waals surface area contributed by atoms with Crippen LogP contribution >= 0.6 is 11.6 Å². The fourth-order valence-corrected chi connectivity index (χ4v) is 5.48. The molecule has 0 N–H and O–H groups in total. The van der Waals surface area contributed by atoms with Crippen molar-refractivity contribution in [1.82, 2.24) is 0 Å². The molecule has 0 spiro atoms. The summed E-state index contributed by atoms with van der Waals surface area (Å²) in [6.07, 6.45) is 1.58. The summed E-state index contributed by atoms with van der Waals surface area (Å²) in [5.41, 5.74) is 2.97. The van der Waals surface area contributed by atoms with E-state index in [1.165, 1.54) is 5.56 Å². The first-order valence-electron chi connectivity index (χ1n) is 11.2. The van der Waals surface area contributed by atoms with Crippen molar-refractivity contribution in [2.45, 2.75) is 64.3 Å².